The van der Waals surface area contributed by atoms with Gasteiger partial charge in [-0.1, -0.05) is 11.6 Å². The maximum atomic E-state index is 13.2. The third-order valence-electron chi connectivity index (χ3n) is 2.68. The minimum absolute atomic E-state index is 0.278. The van der Waals surface area contributed by atoms with Crippen LogP contribution in [0.5, 0.6) is 0 Å². The Morgan fingerprint density at radius 1 is 1.30 bits per heavy atom. The van der Waals surface area contributed by atoms with Crippen LogP contribution in [0.4, 0.5) is 21.7 Å². The van der Waals surface area contributed by atoms with Gasteiger partial charge in [0.1, 0.15) is 23.8 Å². The molecule has 1 aromatic carbocycles. The van der Waals surface area contributed by atoms with Gasteiger partial charge in [0.2, 0.25) is 0 Å². The summed E-state index contributed by atoms with van der Waals surface area (Å²) in [6.45, 7) is 4.64. The summed E-state index contributed by atoms with van der Waals surface area (Å²) in [6.07, 6.45) is 1.46. The Bertz CT molecular complexity index is 613. The predicted octanol–water partition coefficient (Wildman–Crippen LogP) is 4.52. The van der Waals surface area contributed by atoms with Crippen molar-refractivity contribution in [2.45, 2.75) is 13.8 Å². The quantitative estimate of drug-likeness (QED) is 0.843. The molecule has 1 aromatic heterocycles. The van der Waals surface area contributed by atoms with Crippen LogP contribution in [-0.4, -0.2) is 16.5 Å². The fraction of sp³-hybridized carbons (Fsp3) is 0.231. The number of aromatic nitrogens is 2. The molecule has 0 aliphatic carbocycles. The van der Waals surface area contributed by atoms with Crippen molar-refractivity contribution in [1.29, 1.82) is 0 Å². The van der Waals surface area contributed by atoms with Gasteiger partial charge < -0.3 is 10.6 Å². The standard InChI is InChI=1S/C13H13BrClFN4/c1-3-17-12-7(2)13(19-6-18-12)20-11-9(14)4-8(16)5-10(11)15/h4-6H,3H2,1-2H3,(H2,17,18,19,20). The highest BCUT2D eigenvalue weighted by Crippen LogP contribution is 2.34. The van der Waals surface area contributed by atoms with Crippen molar-refractivity contribution in [3.05, 3.63) is 39.3 Å². The molecule has 0 amide bonds. The van der Waals surface area contributed by atoms with Crippen molar-refractivity contribution in [3.8, 4) is 0 Å². The second kappa shape index (κ2) is 6.37. The van der Waals surface area contributed by atoms with E-state index in [-0.39, 0.29) is 5.02 Å². The molecule has 0 fully saturated rings. The Kier molecular flexibility index (Phi) is 4.77. The van der Waals surface area contributed by atoms with Crippen molar-refractivity contribution in [2.24, 2.45) is 0 Å². The molecule has 0 bridgehead atoms. The molecule has 2 rings (SSSR count). The summed E-state index contributed by atoms with van der Waals surface area (Å²) in [5.74, 6) is 0.963. The van der Waals surface area contributed by atoms with Gasteiger partial charge in [-0.2, -0.15) is 0 Å². The summed E-state index contributed by atoms with van der Waals surface area (Å²) in [4.78, 5) is 8.35. The summed E-state index contributed by atoms with van der Waals surface area (Å²) in [7, 11) is 0. The highest BCUT2D eigenvalue weighted by molar-refractivity contribution is 9.10. The number of rotatable bonds is 4. The first-order valence-electron chi connectivity index (χ1n) is 6.00. The van der Waals surface area contributed by atoms with Gasteiger partial charge in [-0.25, -0.2) is 14.4 Å². The number of hydrogen-bond acceptors (Lipinski definition) is 4. The highest BCUT2D eigenvalue weighted by atomic mass is 79.9. The smallest absolute Gasteiger partial charge is 0.138 e. The molecule has 0 radical (unpaired) electrons. The number of hydrogen-bond donors (Lipinski definition) is 2. The SMILES string of the molecule is CCNc1ncnc(Nc2c(Cl)cc(F)cc2Br)c1C. The van der Waals surface area contributed by atoms with Crippen LogP contribution in [0, 0.1) is 12.7 Å². The number of nitrogens with one attached hydrogen (secondary N) is 2. The van der Waals surface area contributed by atoms with Gasteiger partial charge >= 0.3 is 0 Å². The van der Waals surface area contributed by atoms with Crippen LogP contribution in [-0.2, 0) is 0 Å². The molecule has 4 nitrogen and oxygen atoms in total. The van der Waals surface area contributed by atoms with Gasteiger partial charge in [-0.3, -0.25) is 0 Å². The normalized spacial score (nSPS) is 10.4. The van der Waals surface area contributed by atoms with Crippen LogP contribution < -0.4 is 10.6 Å². The molecule has 1 heterocycles. The van der Waals surface area contributed by atoms with Gasteiger partial charge in [0.25, 0.3) is 0 Å². The first-order valence-corrected chi connectivity index (χ1v) is 7.17. The molecule has 0 saturated carbocycles. The molecule has 0 saturated heterocycles. The highest BCUT2D eigenvalue weighted by Gasteiger charge is 2.12. The van der Waals surface area contributed by atoms with Gasteiger partial charge in [0, 0.05) is 16.6 Å². The van der Waals surface area contributed by atoms with Crippen molar-refractivity contribution in [1.82, 2.24) is 9.97 Å². The van der Waals surface area contributed by atoms with E-state index in [1.54, 1.807) is 0 Å². The second-order valence-electron chi connectivity index (χ2n) is 4.10. The van der Waals surface area contributed by atoms with Gasteiger partial charge in [-0.05, 0) is 41.9 Å². The van der Waals surface area contributed by atoms with Crippen LogP contribution in [0.3, 0.4) is 0 Å². The Morgan fingerprint density at radius 2 is 2.00 bits per heavy atom. The molecule has 106 valence electrons. The Hall–Kier alpha value is -1.40. The average Bonchev–Trinajstić information content (AvgIpc) is 2.38. The molecule has 0 aliphatic heterocycles. The topological polar surface area (TPSA) is 49.8 Å². The van der Waals surface area contributed by atoms with Crippen LogP contribution in [0.1, 0.15) is 12.5 Å². The minimum atomic E-state index is -0.403. The molecule has 20 heavy (non-hydrogen) atoms. The number of halogens is 3. The Morgan fingerprint density at radius 3 is 2.65 bits per heavy atom. The monoisotopic (exact) mass is 358 g/mol. The van der Waals surface area contributed by atoms with Crippen molar-refractivity contribution < 1.29 is 4.39 Å². The molecule has 0 atom stereocenters. The second-order valence-corrected chi connectivity index (χ2v) is 5.36. The van der Waals surface area contributed by atoms with E-state index < -0.39 is 5.82 Å². The number of nitrogens with zero attached hydrogens (tertiary/aromatic N) is 2. The molecular formula is C13H13BrClFN4. The van der Waals surface area contributed by atoms with E-state index in [4.69, 9.17) is 11.6 Å². The molecule has 0 aliphatic rings. The van der Waals surface area contributed by atoms with Crippen molar-refractivity contribution >= 4 is 44.9 Å². The molecule has 0 unspecified atom stereocenters. The van der Waals surface area contributed by atoms with E-state index in [9.17, 15) is 4.39 Å². The van der Waals surface area contributed by atoms with E-state index in [0.29, 0.717) is 16.0 Å². The third kappa shape index (κ3) is 3.19. The maximum absolute atomic E-state index is 13.2. The number of benzene rings is 1. The van der Waals surface area contributed by atoms with Gasteiger partial charge in [0.15, 0.2) is 0 Å². The molecule has 2 N–H and O–H groups in total. The van der Waals surface area contributed by atoms with Crippen molar-refractivity contribution in [3.63, 3.8) is 0 Å². The van der Waals surface area contributed by atoms with Crippen molar-refractivity contribution in [2.75, 3.05) is 17.2 Å². The summed E-state index contributed by atoms with van der Waals surface area (Å²) in [5, 5.41) is 6.52. The molecule has 0 spiro atoms. The van der Waals surface area contributed by atoms with Gasteiger partial charge in [0.05, 0.1) is 10.7 Å². The zero-order valence-electron chi connectivity index (χ0n) is 11.0. The largest absolute Gasteiger partial charge is 0.370 e. The van der Waals surface area contributed by atoms with E-state index in [1.165, 1.54) is 18.5 Å². The Balaban J connectivity index is 2.38. The van der Waals surface area contributed by atoms with E-state index in [0.717, 1.165) is 17.9 Å². The average molecular weight is 360 g/mol. The lowest BCUT2D eigenvalue weighted by atomic mass is 10.2. The lowest BCUT2D eigenvalue weighted by molar-refractivity contribution is 0.627. The molecular weight excluding hydrogens is 347 g/mol. The zero-order valence-corrected chi connectivity index (χ0v) is 13.3. The zero-order chi connectivity index (χ0) is 14.7. The van der Waals surface area contributed by atoms with Gasteiger partial charge in [-0.15, -0.1) is 0 Å². The van der Waals surface area contributed by atoms with Crippen LogP contribution >= 0.6 is 27.5 Å². The number of anilines is 3. The molecule has 2 aromatic rings. The first-order chi connectivity index (χ1) is 9.52. The summed E-state index contributed by atoms with van der Waals surface area (Å²) in [5.41, 5.74) is 1.43. The fourth-order valence-electron chi connectivity index (χ4n) is 1.70. The third-order valence-corrected chi connectivity index (χ3v) is 3.60. The van der Waals surface area contributed by atoms with Crippen LogP contribution in [0.15, 0.2) is 22.9 Å². The van der Waals surface area contributed by atoms with E-state index in [1.807, 2.05) is 13.8 Å². The minimum Gasteiger partial charge on any atom is -0.370 e. The molecule has 7 heteroatoms. The lowest BCUT2D eigenvalue weighted by Crippen LogP contribution is -2.06. The lowest BCUT2D eigenvalue weighted by Gasteiger charge is -2.14. The summed E-state index contributed by atoms with van der Waals surface area (Å²) in [6, 6.07) is 2.59. The first kappa shape index (κ1) is 15.0. The predicted molar refractivity (Wildman–Crippen MR) is 83.3 cm³/mol. The summed E-state index contributed by atoms with van der Waals surface area (Å²) >= 11 is 9.33. The van der Waals surface area contributed by atoms with Crippen LogP contribution in [0.2, 0.25) is 5.02 Å². The maximum Gasteiger partial charge on any atom is 0.138 e. The van der Waals surface area contributed by atoms with E-state index in [2.05, 4.69) is 36.5 Å². The van der Waals surface area contributed by atoms with Crippen LogP contribution in [0.25, 0.3) is 0 Å². The van der Waals surface area contributed by atoms with E-state index >= 15 is 0 Å². The fourth-order valence-corrected chi connectivity index (χ4v) is 2.60. The summed E-state index contributed by atoms with van der Waals surface area (Å²) < 4.78 is 13.7. The Labute approximate surface area is 129 Å².